The fourth-order valence-corrected chi connectivity index (χ4v) is 1.49. The van der Waals surface area contributed by atoms with E-state index in [0.717, 1.165) is 0 Å². The van der Waals surface area contributed by atoms with Gasteiger partial charge in [-0.1, -0.05) is 65.2 Å². The molecule has 0 radical (unpaired) electrons. The summed E-state index contributed by atoms with van der Waals surface area (Å²) in [6.07, 6.45) is 13.7. The lowest BCUT2D eigenvalue weighted by Crippen LogP contribution is -1.91. The Morgan fingerprint density at radius 2 is 0.692 bits per heavy atom. The van der Waals surface area contributed by atoms with Crippen LogP contribution in [0.3, 0.4) is 0 Å². The van der Waals surface area contributed by atoms with E-state index in [2.05, 4.69) is 13.8 Å². The number of carbonyl (C=O) groups is 4. The van der Waals surface area contributed by atoms with Crippen molar-refractivity contribution in [3.8, 4) is 0 Å². The number of hydrogen-bond acceptors (Lipinski definition) is 4. The van der Waals surface area contributed by atoms with Crippen LogP contribution in [-0.2, 0) is 19.2 Å². The minimum absolute atomic E-state index is 0.558. The smallest absolute Gasteiger partial charge is 0.328 e. The molecule has 0 spiro atoms. The summed E-state index contributed by atoms with van der Waals surface area (Å²) in [5.41, 5.74) is 0. The van der Waals surface area contributed by atoms with E-state index >= 15 is 0 Å². The molecule has 0 aromatic rings. The number of carboxylic acid groups (broad SMARTS) is 4. The second-order valence-electron chi connectivity index (χ2n) is 5.14. The highest BCUT2D eigenvalue weighted by Crippen LogP contribution is 2.07. The number of unbranched alkanes of at least 4 members (excludes halogenated alkanes) is 7. The molecule has 26 heavy (non-hydrogen) atoms. The Morgan fingerprint density at radius 1 is 0.500 bits per heavy atom. The summed E-state index contributed by atoms with van der Waals surface area (Å²) in [7, 11) is 0. The number of aliphatic carboxylic acids is 4. The maximum atomic E-state index is 9.55. The molecule has 0 aliphatic heterocycles. The first kappa shape index (κ1) is 28.2. The van der Waals surface area contributed by atoms with E-state index in [-0.39, 0.29) is 0 Å². The van der Waals surface area contributed by atoms with Crippen LogP contribution in [0, 0.1) is 0 Å². The molecule has 4 N–H and O–H groups in total. The summed E-state index contributed by atoms with van der Waals surface area (Å²) in [6, 6.07) is 0. The van der Waals surface area contributed by atoms with Crippen LogP contribution in [-0.4, -0.2) is 44.3 Å². The molecule has 150 valence electrons. The van der Waals surface area contributed by atoms with Crippen LogP contribution in [0.4, 0.5) is 0 Å². The number of carboxylic acids is 4. The average Bonchev–Trinajstić information content (AvgIpc) is 2.55. The summed E-state index contributed by atoms with van der Waals surface area (Å²) < 4.78 is 0. The molecule has 0 bridgehead atoms. The van der Waals surface area contributed by atoms with Crippen LogP contribution >= 0.6 is 0 Å². The van der Waals surface area contributed by atoms with Gasteiger partial charge in [0.2, 0.25) is 0 Å². The first-order chi connectivity index (χ1) is 12.2. The summed E-state index contributed by atoms with van der Waals surface area (Å²) >= 11 is 0. The monoisotopic (exact) mass is 374 g/mol. The highest BCUT2D eigenvalue weighted by molar-refractivity contribution is 5.90. The lowest BCUT2D eigenvalue weighted by atomic mass is 10.1. The molecule has 0 aliphatic rings. The highest BCUT2D eigenvalue weighted by atomic mass is 16.4. The third kappa shape index (κ3) is 42.9. The van der Waals surface area contributed by atoms with Crippen molar-refractivity contribution in [3.05, 3.63) is 24.3 Å². The van der Waals surface area contributed by atoms with Crippen molar-refractivity contribution in [1.82, 2.24) is 0 Å². The molecule has 0 aliphatic carbocycles. The zero-order valence-corrected chi connectivity index (χ0v) is 15.4. The van der Waals surface area contributed by atoms with Gasteiger partial charge in [0.1, 0.15) is 0 Å². The normalized spacial score (nSPS) is 9.77. The van der Waals surface area contributed by atoms with Crippen molar-refractivity contribution >= 4 is 23.9 Å². The number of rotatable bonds is 11. The first-order valence-corrected chi connectivity index (χ1v) is 8.45. The molecule has 8 nitrogen and oxygen atoms in total. The fourth-order valence-electron chi connectivity index (χ4n) is 1.49. The van der Waals surface area contributed by atoms with Gasteiger partial charge in [-0.3, -0.25) is 0 Å². The van der Waals surface area contributed by atoms with Gasteiger partial charge >= 0.3 is 23.9 Å². The minimum Gasteiger partial charge on any atom is -0.478 e. The van der Waals surface area contributed by atoms with E-state index in [9.17, 15) is 19.2 Å². The minimum atomic E-state index is -1.26. The third-order valence-electron chi connectivity index (χ3n) is 2.69. The lowest BCUT2D eigenvalue weighted by Gasteiger charge is -1.97. The van der Waals surface area contributed by atoms with Crippen LogP contribution in [0.25, 0.3) is 0 Å². The first-order valence-electron chi connectivity index (χ1n) is 8.45. The molecular weight excluding hydrogens is 344 g/mol. The molecule has 0 fully saturated rings. The van der Waals surface area contributed by atoms with E-state index in [0.29, 0.717) is 24.3 Å². The van der Waals surface area contributed by atoms with Crippen LogP contribution in [0.15, 0.2) is 24.3 Å². The summed E-state index contributed by atoms with van der Waals surface area (Å²) in [5.74, 6) is -5.03. The number of hydrogen-bond donors (Lipinski definition) is 4. The Balaban J connectivity index is -0.000000308. The van der Waals surface area contributed by atoms with Gasteiger partial charge in [0, 0.05) is 24.3 Å². The zero-order chi connectivity index (χ0) is 20.8. The zero-order valence-electron chi connectivity index (χ0n) is 15.4. The van der Waals surface area contributed by atoms with Crippen molar-refractivity contribution in [1.29, 1.82) is 0 Å². The Hall–Kier alpha value is -2.64. The van der Waals surface area contributed by atoms with Crippen molar-refractivity contribution in [3.63, 3.8) is 0 Å². The second kappa shape index (κ2) is 22.4. The van der Waals surface area contributed by atoms with Crippen LogP contribution in [0.1, 0.15) is 65.2 Å². The SMILES string of the molecule is CCCCCCCCCC.O=C(O)C=CC(=O)O.O=C(O)C=CC(=O)O. The molecule has 0 saturated carbocycles. The Labute approximate surface area is 153 Å². The van der Waals surface area contributed by atoms with E-state index in [4.69, 9.17) is 20.4 Å². The van der Waals surface area contributed by atoms with E-state index in [1.807, 2.05) is 0 Å². The molecule has 0 aromatic heterocycles. The van der Waals surface area contributed by atoms with Gasteiger partial charge < -0.3 is 20.4 Å². The van der Waals surface area contributed by atoms with Crippen LogP contribution in [0.2, 0.25) is 0 Å². The molecule has 0 amide bonds. The molecular formula is C18H30O8. The molecule has 0 heterocycles. The average molecular weight is 374 g/mol. The quantitative estimate of drug-likeness (QED) is 0.317. The molecule has 0 unspecified atom stereocenters. The molecule has 8 heteroatoms. The predicted molar refractivity (Wildman–Crippen MR) is 97.1 cm³/mol. The maximum Gasteiger partial charge on any atom is 0.328 e. The molecule has 0 rings (SSSR count). The van der Waals surface area contributed by atoms with Crippen LogP contribution in [0.5, 0.6) is 0 Å². The second-order valence-corrected chi connectivity index (χ2v) is 5.14. The van der Waals surface area contributed by atoms with Crippen molar-refractivity contribution in [2.45, 2.75) is 65.2 Å². The summed E-state index contributed by atoms with van der Waals surface area (Å²) in [5, 5.41) is 31.2. The van der Waals surface area contributed by atoms with Crippen LogP contribution < -0.4 is 0 Å². The lowest BCUT2D eigenvalue weighted by molar-refractivity contribution is -0.134. The predicted octanol–water partition coefficient (Wildman–Crippen LogP) is 3.57. The standard InChI is InChI=1S/C10H22.2C4H4O4/c1-3-5-7-9-10-8-6-4-2;2*5-3(6)1-2-4(7)8/h3-10H2,1-2H3;2*1-2H,(H,5,6)(H,7,8). The topological polar surface area (TPSA) is 149 Å². The van der Waals surface area contributed by atoms with E-state index < -0.39 is 23.9 Å². The fraction of sp³-hybridized carbons (Fsp3) is 0.556. The van der Waals surface area contributed by atoms with Crippen molar-refractivity contribution < 1.29 is 39.6 Å². The molecule has 0 aromatic carbocycles. The van der Waals surface area contributed by atoms with Gasteiger partial charge in [0.15, 0.2) is 0 Å². The van der Waals surface area contributed by atoms with E-state index in [1.165, 1.54) is 51.4 Å². The van der Waals surface area contributed by atoms with Crippen molar-refractivity contribution in [2.24, 2.45) is 0 Å². The largest absolute Gasteiger partial charge is 0.478 e. The van der Waals surface area contributed by atoms with Gasteiger partial charge in [-0.2, -0.15) is 0 Å². The maximum absolute atomic E-state index is 9.55. The van der Waals surface area contributed by atoms with E-state index in [1.54, 1.807) is 0 Å². The van der Waals surface area contributed by atoms with Gasteiger partial charge in [0.05, 0.1) is 0 Å². The van der Waals surface area contributed by atoms with Gasteiger partial charge in [-0.25, -0.2) is 19.2 Å². The Morgan fingerprint density at radius 3 is 0.846 bits per heavy atom. The third-order valence-corrected chi connectivity index (χ3v) is 2.69. The van der Waals surface area contributed by atoms with Gasteiger partial charge in [-0.15, -0.1) is 0 Å². The molecule has 0 atom stereocenters. The molecule has 0 saturated heterocycles. The van der Waals surface area contributed by atoms with Crippen molar-refractivity contribution in [2.75, 3.05) is 0 Å². The summed E-state index contributed by atoms with van der Waals surface area (Å²) in [6.45, 7) is 4.54. The Bertz CT molecular complexity index is 378. The van der Waals surface area contributed by atoms with Gasteiger partial charge in [0.25, 0.3) is 0 Å². The highest BCUT2D eigenvalue weighted by Gasteiger charge is 1.89. The Kier molecular flexibility index (Phi) is 24.2. The van der Waals surface area contributed by atoms with Gasteiger partial charge in [-0.05, 0) is 0 Å². The summed E-state index contributed by atoms with van der Waals surface area (Å²) in [4.78, 5) is 38.2.